The number of methoxy groups -OCH3 is 4. The zero-order valence-electron chi connectivity index (χ0n) is 15.5. The maximum Gasteiger partial charge on any atom is 0.314 e. The monoisotopic (exact) mass is 372 g/mol. The largest absolute Gasteiger partial charge is 0.493 e. The second-order valence-electron chi connectivity index (χ2n) is 6.00. The topological polar surface area (TPSA) is 84.2 Å². The molecule has 7 heteroatoms. The molecule has 1 aliphatic rings. The van der Waals surface area contributed by atoms with Crippen molar-refractivity contribution in [1.82, 2.24) is 0 Å². The predicted octanol–water partition coefficient (Wildman–Crippen LogP) is 2.98. The average Bonchev–Trinajstić information content (AvgIpc) is 3.18. The third-order valence-electron chi connectivity index (χ3n) is 4.74. The summed E-state index contributed by atoms with van der Waals surface area (Å²) >= 11 is 0. The van der Waals surface area contributed by atoms with Gasteiger partial charge in [-0.25, -0.2) is 0 Å². The maximum absolute atomic E-state index is 12.6. The number of carbonyl (C=O) groups is 2. The van der Waals surface area contributed by atoms with Crippen molar-refractivity contribution in [2.24, 2.45) is 5.92 Å². The quantitative estimate of drug-likeness (QED) is 0.589. The number of hydrogen-bond donors (Lipinski definition) is 0. The van der Waals surface area contributed by atoms with Gasteiger partial charge in [0.25, 0.3) is 0 Å². The van der Waals surface area contributed by atoms with Gasteiger partial charge >= 0.3 is 5.97 Å². The van der Waals surface area contributed by atoms with Gasteiger partial charge in [0.05, 0.1) is 40.6 Å². The van der Waals surface area contributed by atoms with Crippen LogP contribution >= 0.6 is 0 Å². The molecular formula is C20H20O7. The summed E-state index contributed by atoms with van der Waals surface area (Å²) in [5.74, 6) is -0.949. The molecule has 0 saturated carbocycles. The summed E-state index contributed by atoms with van der Waals surface area (Å²) in [6.07, 6.45) is 1.42. The number of esters is 1. The van der Waals surface area contributed by atoms with E-state index in [1.54, 1.807) is 18.2 Å². The first-order valence-corrected chi connectivity index (χ1v) is 8.17. The molecule has 0 fully saturated rings. The van der Waals surface area contributed by atoms with Crippen LogP contribution in [0.3, 0.4) is 0 Å². The Morgan fingerprint density at radius 3 is 2.22 bits per heavy atom. The Hall–Kier alpha value is -3.22. The van der Waals surface area contributed by atoms with Gasteiger partial charge in [-0.2, -0.15) is 0 Å². The highest BCUT2D eigenvalue weighted by atomic mass is 16.5. The van der Waals surface area contributed by atoms with Crippen LogP contribution in [0.5, 0.6) is 17.2 Å². The Bertz CT molecular complexity index is 884. The van der Waals surface area contributed by atoms with Crippen LogP contribution in [0, 0.1) is 5.92 Å². The van der Waals surface area contributed by atoms with E-state index in [4.69, 9.17) is 23.4 Å². The Kier molecular flexibility index (Phi) is 4.94. The van der Waals surface area contributed by atoms with Gasteiger partial charge in [0.15, 0.2) is 17.3 Å². The molecule has 3 rings (SSSR count). The highest BCUT2D eigenvalue weighted by Crippen LogP contribution is 2.48. The maximum atomic E-state index is 12.6. The number of benzene rings is 1. The number of ether oxygens (including phenoxy) is 4. The van der Waals surface area contributed by atoms with Gasteiger partial charge in [0.2, 0.25) is 11.5 Å². The Labute approximate surface area is 156 Å². The van der Waals surface area contributed by atoms with Crippen LogP contribution < -0.4 is 14.2 Å². The van der Waals surface area contributed by atoms with E-state index in [-0.39, 0.29) is 11.3 Å². The molecule has 1 aromatic carbocycles. The molecule has 2 aromatic rings. The van der Waals surface area contributed by atoms with Gasteiger partial charge in [0, 0.05) is 17.1 Å². The number of ketones is 1. The highest BCUT2D eigenvalue weighted by molar-refractivity contribution is 6.12. The van der Waals surface area contributed by atoms with Crippen molar-refractivity contribution in [3.63, 3.8) is 0 Å². The number of furan rings is 1. The van der Waals surface area contributed by atoms with Gasteiger partial charge in [-0.15, -0.1) is 0 Å². The molecular weight excluding hydrogens is 352 g/mol. The fourth-order valence-corrected chi connectivity index (χ4v) is 3.47. The van der Waals surface area contributed by atoms with E-state index in [0.717, 1.165) is 0 Å². The standard InChI is InChI=1S/C20H20O7/c1-10-15(20(22)26-5)16(12-6-7-27-18(12)17(10)21)11-8-13(23-2)19(25-4)14(9-11)24-3/h6-9,15-16H,1H2,2-5H3/t15-,16-/m1/s1. The van der Waals surface area contributed by atoms with Gasteiger partial charge in [0.1, 0.15) is 0 Å². The second-order valence-corrected chi connectivity index (χ2v) is 6.00. The van der Waals surface area contributed by atoms with Gasteiger partial charge in [-0.1, -0.05) is 6.58 Å². The summed E-state index contributed by atoms with van der Waals surface area (Å²) in [7, 11) is 5.79. The van der Waals surface area contributed by atoms with Crippen molar-refractivity contribution in [3.05, 3.63) is 53.5 Å². The summed E-state index contributed by atoms with van der Waals surface area (Å²) in [6.45, 7) is 3.82. The minimum absolute atomic E-state index is 0.114. The SMILES string of the molecule is C=C1C(=O)c2occc2[C@@H](c2cc(OC)c(OC)c(OC)c2)[C@@H]1C(=O)OC. The lowest BCUT2D eigenvalue weighted by molar-refractivity contribution is -0.144. The van der Waals surface area contributed by atoms with E-state index >= 15 is 0 Å². The van der Waals surface area contributed by atoms with Crippen LogP contribution in [-0.4, -0.2) is 40.2 Å². The van der Waals surface area contributed by atoms with Crippen molar-refractivity contribution < 1.29 is 33.0 Å². The van der Waals surface area contributed by atoms with Crippen molar-refractivity contribution in [2.75, 3.05) is 28.4 Å². The fourth-order valence-electron chi connectivity index (χ4n) is 3.47. The van der Waals surface area contributed by atoms with Crippen LogP contribution in [-0.2, 0) is 9.53 Å². The summed E-state index contributed by atoms with van der Waals surface area (Å²) in [6, 6.07) is 5.15. The number of rotatable bonds is 5. The second kappa shape index (κ2) is 7.19. The highest BCUT2D eigenvalue weighted by Gasteiger charge is 2.45. The predicted molar refractivity (Wildman–Crippen MR) is 95.6 cm³/mol. The van der Waals surface area contributed by atoms with Crippen molar-refractivity contribution in [3.8, 4) is 17.2 Å². The summed E-state index contributed by atoms with van der Waals surface area (Å²) in [4.78, 5) is 25.1. The van der Waals surface area contributed by atoms with Crippen molar-refractivity contribution in [2.45, 2.75) is 5.92 Å². The lowest BCUT2D eigenvalue weighted by atomic mass is 9.71. The molecule has 0 spiro atoms. The molecule has 1 heterocycles. The van der Waals surface area contributed by atoms with Crippen LogP contribution in [0.25, 0.3) is 0 Å². The smallest absolute Gasteiger partial charge is 0.314 e. The van der Waals surface area contributed by atoms with E-state index in [1.165, 1.54) is 34.7 Å². The molecule has 1 aliphatic carbocycles. The van der Waals surface area contributed by atoms with E-state index < -0.39 is 23.6 Å². The average molecular weight is 372 g/mol. The van der Waals surface area contributed by atoms with Crippen LogP contribution in [0.1, 0.15) is 27.6 Å². The lowest BCUT2D eigenvalue weighted by Crippen LogP contribution is -2.33. The third-order valence-corrected chi connectivity index (χ3v) is 4.74. The molecule has 27 heavy (non-hydrogen) atoms. The number of fused-ring (bicyclic) bond motifs is 1. The molecule has 142 valence electrons. The lowest BCUT2D eigenvalue weighted by Gasteiger charge is -2.31. The van der Waals surface area contributed by atoms with Crippen LogP contribution in [0.2, 0.25) is 0 Å². The first kappa shape index (κ1) is 18.6. The van der Waals surface area contributed by atoms with E-state index in [0.29, 0.717) is 28.4 Å². The first-order valence-electron chi connectivity index (χ1n) is 8.17. The van der Waals surface area contributed by atoms with Crippen LogP contribution in [0.15, 0.2) is 41.0 Å². The minimum Gasteiger partial charge on any atom is -0.493 e. The van der Waals surface area contributed by atoms with Crippen molar-refractivity contribution >= 4 is 11.8 Å². The van der Waals surface area contributed by atoms with Crippen LogP contribution in [0.4, 0.5) is 0 Å². The number of hydrogen-bond acceptors (Lipinski definition) is 7. The summed E-state index contributed by atoms with van der Waals surface area (Å²) in [5.41, 5.74) is 1.37. The molecule has 0 unspecified atom stereocenters. The number of carbonyl (C=O) groups excluding carboxylic acids is 2. The molecule has 7 nitrogen and oxygen atoms in total. The zero-order chi connectivity index (χ0) is 19.7. The Morgan fingerprint density at radius 2 is 1.70 bits per heavy atom. The third kappa shape index (κ3) is 2.85. The van der Waals surface area contributed by atoms with Crippen molar-refractivity contribution in [1.29, 1.82) is 0 Å². The zero-order valence-corrected chi connectivity index (χ0v) is 15.5. The molecule has 2 atom stereocenters. The van der Waals surface area contributed by atoms with E-state index in [9.17, 15) is 9.59 Å². The molecule has 0 radical (unpaired) electrons. The normalized spacial score (nSPS) is 18.7. The van der Waals surface area contributed by atoms with E-state index in [1.807, 2.05) is 0 Å². The molecule has 1 aromatic heterocycles. The minimum atomic E-state index is -0.893. The Balaban J connectivity index is 2.26. The number of Topliss-reactive ketones (excluding diaryl/α,β-unsaturated/α-hetero) is 1. The summed E-state index contributed by atoms with van der Waals surface area (Å²) < 4.78 is 26.5. The Morgan fingerprint density at radius 1 is 1.07 bits per heavy atom. The van der Waals surface area contributed by atoms with E-state index in [2.05, 4.69) is 6.58 Å². The molecule has 0 bridgehead atoms. The first-order chi connectivity index (χ1) is 13.0. The molecule has 0 saturated heterocycles. The fraction of sp³-hybridized carbons (Fsp3) is 0.300. The molecule has 0 aliphatic heterocycles. The summed E-state index contributed by atoms with van der Waals surface area (Å²) in [5, 5.41) is 0. The van der Waals surface area contributed by atoms with Gasteiger partial charge in [-0.05, 0) is 23.8 Å². The molecule has 0 amide bonds. The van der Waals surface area contributed by atoms with Gasteiger partial charge in [-0.3, -0.25) is 9.59 Å². The molecule has 0 N–H and O–H groups in total. The van der Waals surface area contributed by atoms with Gasteiger partial charge < -0.3 is 23.4 Å².